The SMILES string of the molecule is Cc1ccc(Cn2ccc3c(Cl)cc(Cl)cc32)cc1C. The summed E-state index contributed by atoms with van der Waals surface area (Å²) in [5, 5.41) is 2.41. The maximum Gasteiger partial charge on any atom is 0.0514 e. The van der Waals surface area contributed by atoms with Crippen molar-refractivity contribution in [2.45, 2.75) is 20.4 Å². The second-order valence-corrected chi connectivity index (χ2v) is 6.03. The average molecular weight is 304 g/mol. The van der Waals surface area contributed by atoms with Gasteiger partial charge in [0.15, 0.2) is 0 Å². The van der Waals surface area contributed by atoms with Crippen molar-refractivity contribution in [2.24, 2.45) is 0 Å². The van der Waals surface area contributed by atoms with Crippen LogP contribution in [-0.4, -0.2) is 4.57 Å². The number of aryl methyl sites for hydroxylation is 2. The van der Waals surface area contributed by atoms with Gasteiger partial charge in [0, 0.05) is 23.2 Å². The molecule has 1 heterocycles. The van der Waals surface area contributed by atoms with E-state index in [4.69, 9.17) is 23.2 Å². The highest BCUT2D eigenvalue weighted by Crippen LogP contribution is 2.29. The Morgan fingerprint density at radius 2 is 1.75 bits per heavy atom. The molecule has 2 aromatic carbocycles. The van der Waals surface area contributed by atoms with Gasteiger partial charge in [0.2, 0.25) is 0 Å². The average Bonchev–Trinajstić information content (AvgIpc) is 2.77. The molecule has 3 rings (SSSR count). The molecule has 0 aliphatic rings. The molecular weight excluding hydrogens is 289 g/mol. The third kappa shape index (κ3) is 2.44. The van der Waals surface area contributed by atoms with Crippen molar-refractivity contribution in [3.05, 3.63) is 69.3 Å². The molecule has 0 saturated heterocycles. The van der Waals surface area contributed by atoms with Crippen LogP contribution in [0, 0.1) is 13.8 Å². The van der Waals surface area contributed by atoms with E-state index in [-0.39, 0.29) is 0 Å². The van der Waals surface area contributed by atoms with E-state index in [2.05, 4.69) is 42.8 Å². The Balaban J connectivity index is 2.04. The number of hydrogen-bond acceptors (Lipinski definition) is 0. The normalized spacial score (nSPS) is 11.2. The zero-order chi connectivity index (χ0) is 14.3. The smallest absolute Gasteiger partial charge is 0.0514 e. The molecule has 0 aliphatic carbocycles. The van der Waals surface area contributed by atoms with Gasteiger partial charge in [0.25, 0.3) is 0 Å². The van der Waals surface area contributed by atoms with Crippen LogP contribution < -0.4 is 0 Å². The van der Waals surface area contributed by atoms with E-state index in [1.165, 1.54) is 16.7 Å². The van der Waals surface area contributed by atoms with Crippen LogP contribution in [-0.2, 0) is 6.54 Å². The molecule has 0 amide bonds. The minimum atomic E-state index is 0.669. The van der Waals surface area contributed by atoms with Crippen LogP contribution in [0.5, 0.6) is 0 Å². The Bertz CT molecular complexity index is 787. The van der Waals surface area contributed by atoms with Gasteiger partial charge < -0.3 is 4.57 Å². The van der Waals surface area contributed by atoms with E-state index in [9.17, 15) is 0 Å². The molecule has 0 atom stereocenters. The van der Waals surface area contributed by atoms with Crippen LogP contribution in [0.25, 0.3) is 10.9 Å². The summed E-state index contributed by atoms with van der Waals surface area (Å²) in [6.07, 6.45) is 2.06. The first-order chi connectivity index (χ1) is 9.54. The van der Waals surface area contributed by atoms with E-state index in [0.29, 0.717) is 10.0 Å². The van der Waals surface area contributed by atoms with Crippen molar-refractivity contribution in [2.75, 3.05) is 0 Å². The van der Waals surface area contributed by atoms with Crippen LogP contribution in [0.3, 0.4) is 0 Å². The Labute approximate surface area is 128 Å². The molecule has 102 valence electrons. The lowest BCUT2D eigenvalue weighted by atomic mass is 10.1. The first-order valence-corrected chi connectivity index (χ1v) is 7.30. The predicted octanol–water partition coefficient (Wildman–Crippen LogP) is 5.61. The molecule has 0 aliphatic heterocycles. The van der Waals surface area contributed by atoms with Crippen LogP contribution in [0.15, 0.2) is 42.6 Å². The number of aromatic nitrogens is 1. The van der Waals surface area contributed by atoms with E-state index in [0.717, 1.165) is 17.4 Å². The fraction of sp³-hybridized carbons (Fsp3) is 0.176. The minimum Gasteiger partial charge on any atom is -0.343 e. The van der Waals surface area contributed by atoms with Gasteiger partial charge in [-0.05, 0) is 48.7 Å². The van der Waals surface area contributed by atoms with Crippen molar-refractivity contribution >= 4 is 34.1 Å². The van der Waals surface area contributed by atoms with E-state index < -0.39 is 0 Å². The highest BCUT2D eigenvalue weighted by molar-refractivity contribution is 6.38. The van der Waals surface area contributed by atoms with Crippen LogP contribution in [0.2, 0.25) is 10.0 Å². The fourth-order valence-corrected chi connectivity index (χ4v) is 3.00. The topological polar surface area (TPSA) is 4.93 Å². The second-order valence-electron chi connectivity index (χ2n) is 5.18. The number of rotatable bonds is 2. The maximum atomic E-state index is 6.23. The molecule has 0 saturated carbocycles. The van der Waals surface area contributed by atoms with E-state index in [1.54, 1.807) is 6.07 Å². The second kappa shape index (κ2) is 5.16. The van der Waals surface area contributed by atoms with Gasteiger partial charge in [-0.2, -0.15) is 0 Å². The first-order valence-electron chi connectivity index (χ1n) is 6.54. The molecule has 3 heteroatoms. The molecular formula is C17H15Cl2N. The summed E-state index contributed by atoms with van der Waals surface area (Å²) in [6, 6.07) is 12.3. The van der Waals surface area contributed by atoms with Gasteiger partial charge in [-0.3, -0.25) is 0 Å². The summed E-state index contributed by atoms with van der Waals surface area (Å²) >= 11 is 12.3. The summed E-state index contributed by atoms with van der Waals surface area (Å²) in [6.45, 7) is 5.09. The largest absolute Gasteiger partial charge is 0.343 e. The molecule has 1 aromatic heterocycles. The van der Waals surface area contributed by atoms with Crippen molar-refractivity contribution in [3.8, 4) is 0 Å². The molecule has 20 heavy (non-hydrogen) atoms. The number of hydrogen-bond donors (Lipinski definition) is 0. The summed E-state index contributed by atoms with van der Waals surface area (Å²) in [5.41, 5.74) is 4.98. The lowest BCUT2D eigenvalue weighted by Crippen LogP contribution is -1.98. The van der Waals surface area contributed by atoms with Gasteiger partial charge >= 0.3 is 0 Å². The highest BCUT2D eigenvalue weighted by atomic mass is 35.5. The summed E-state index contributed by atoms with van der Waals surface area (Å²) in [5.74, 6) is 0. The summed E-state index contributed by atoms with van der Waals surface area (Å²) in [7, 11) is 0. The molecule has 0 spiro atoms. The van der Waals surface area contributed by atoms with Gasteiger partial charge in [0.1, 0.15) is 0 Å². The summed E-state index contributed by atoms with van der Waals surface area (Å²) in [4.78, 5) is 0. The molecule has 3 aromatic rings. The lowest BCUT2D eigenvalue weighted by molar-refractivity contribution is 0.835. The highest BCUT2D eigenvalue weighted by Gasteiger charge is 2.07. The minimum absolute atomic E-state index is 0.669. The molecule has 0 bridgehead atoms. The zero-order valence-corrected chi connectivity index (χ0v) is 13.0. The van der Waals surface area contributed by atoms with Crippen LogP contribution in [0.4, 0.5) is 0 Å². The van der Waals surface area contributed by atoms with Crippen LogP contribution >= 0.6 is 23.2 Å². The van der Waals surface area contributed by atoms with Gasteiger partial charge in [-0.15, -0.1) is 0 Å². The number of halogens is 2. The number of fused-ring (bicyclic) bond motifs is 1. The van der Waals surface area contributed by atoms with Gasteiger partial charge in [-0.25, -0.2) is 0 Å². The van der Waals surface area contributed by atoms with Crippen molar-refractivity contribution in [1.82, 2.24) is 4.57 Å². The predicted molar refractivity (Wildman–Crippen MR) is 87.0 cm³/mol. The molecule has 0 unspecified atom stereocenters. The van der Waals surface area contributed by atoms with Crippen molar-refractivity contribution in [3.63, 3.8) is 0 Å². The third-order valence-corrected chi connectivity index (χ3v) is 4.26. The lowest BCUT2D eigenvalue weighted by Gasteiger charge is -2.09. The molecule has 0 N–H and O–H groups in total. The Hall–Kier alpha value is -1.44. The standard InChI is InChI=1S/C17H15Cl2N/c1-11-3-4-13(7-12(11)2)10-20-6-5-15-16(19)8-14(18)9-17(15)20/h3-9H,10H2,1-2H3. The van der Waals surface area contributed by atoms with Gasteiger partial charge in [-0.1, -0.05) is 41.4 Å². The summed E-state index contributed by atoms with van der Waals surface area (Å²) < 4.78 is 2.18. The fourth-order valence-electron chi connectivity index (χ4n) is 2.46. The maximum absolute atomic E-state index is 6.23. The van der Waals surface area contributed by atoms with E-state index in [1.807, 2.05) is 12.1 Å². The monoisotopic (exact) mass is 303 g/mol. The molecule has 0 fully saturated rings. The Kier molecular flexibility index (Phi) is 3.49. The van der Waals surface area contributed by atoms with Crippen molar-refractivity contribution in [1.29, 1.82) is 0 Å². The number of nitrogens with zero attached hydrogens (tertiary/aromatic N) is 1. The third-order valence-electron chi connectivity index (χ3n) is 3.73. The first kappa shape index (κ1) is 13.5. The molecule has 0 radical (unpaired) electrons. The van der Waals surface area contributed by atoms with Gasteiger partial charge in [0.05, 0.1) is 10.5 Å². The quantitative estimate of drug-likeness (QED) is 0.579. The number of benzene rings is 2. The zero-order valence-electron chi connectivity index (χ0n) is 11.5. The Morgan fingerprint density at radius 1 is 0.950 bits per heavy atom. The molecule has 1 nitrogen and oxygen atoms in total. The Morgan fingerprint density at radius 3 is 2.50 bits per heavy atom. The van der Waals surface area contributed by atoms with Crippen LogP contribution in [0.1, 0.15) is 16.7 Å². The van der Waals surface area contributed by atoms with Crippen molar-refractivity contribution < 1.29 is 0 Å². The van der Waals surface area contributed by atoms with E-state index >= 15 is 0 Å².